The Morgan fingerprint density at radius 1 is 1.67 bits per heavy atom. The molecule has 0 aliphatic rings. The second-order valence-electron chi connectivity index (χ2n) is 2.26. The molecule has 0 spiro atoms. The molecule has 0 bridgehead atoms. The summed E-state index contributed by atoms with van der Waals surface area (Å²) in [4.78, 5) is 21.0. The van der Waals surface area contributed by atoms with Crippen molar-refractivity contribution in [1.82, 2.24) is 5.06 Å². The fraction of sp³-hybridized carbons (Fsp3) is 0.667. The van der Waals surface area contributed by atoms with Gasteiger partial charge in [0.05, 0.1) is 12.5 Å². The maximum atomic E-state index is 10.9. The summed E-state index contributed by atoms with van der Waals surface area (Å²) in [6.45, 7) is 1.21. The van der Waals surface area contributed by atoms with Crippen LogP contribution in [-0.2, 0) is 9.59 Å². The number of carboxylic acid groups (broad SMARTS) is 1. The zero-order valence-electron chi connectivity index (χ0n) is 6.49. The fourth-order valence-electron chi connectivity index (χ4n) is 0.697. The van der Waals surface area contributed by atoms with E-state index in [4.69, 9.17) is 5.11 Å². The van der Waals surface area contributed by atoms with E-state index in [0.29, 0.717) is 5.06 Å². The van der Waals surface area contributed by atoms with Gasteiger partial charge in [-0.25, -0.2) is 0 Å². The number of hydrogen-bond acceptors (Lipinski definition) is 4. The minimum Gasteiger partial charge on any atom is -0.784 e. The van der Waals surface area contributed by atoms with E-state index in [1.54, 1.807) is 22.6 Å². The molecule has 1 N–H and O–H groups in total. The van der Waals surface area contributed by atoms with Crippen LogP contribution in [0.4, 0.5) is 0 Å². The highest BCUT2D eigenvalue weighted by Gasteiger charge is 2.18. The Bertz CT molecular complexity index is 184. The summed E-state index contributed by atoms with van der Waals surface area (Å²) < 4.78 is 0.0925. The predicted octanol–water partition coefficient (Wildman–Crippen LogP) is 0.611. The van der Waals surface area contributed by atoms with Crippen molar-refractivity contribution in [2.75, 3.05) is 4.55 Å². The Morgan fingerprint density at radius 2 is 2.17 bits per heavy atom. The Morgan fingerprint density at radius 3 is 2.42 bits per heavy atom. The largest absolute Gasteiger partial charge is 0.784 e. The van der Waals surface area contributed by atoms with Gasteiger partial charge in [0.1, 0.15) is 5.78 Å². The van der Waals surface area contributed by atoms with Gasteiger partial charge in [0.2, 0.25) is 0 Å². The first-order chi connectivity index (χ1) is 5.49. The number of rotatable bonds is 5. The molecule has 0 saturated carbocycles. The molecule has 0 aliphatic heterocycles. The van der Waals surface area contributed by atoms with Crippen molar-refractivity contribution in [3.63, 3.8) is 0 Å². The Labute approximate surface area is 83.5 Å². The minimum atomic E-state index is -1.14. The number of carboxylic acids is 1. The standard InChI is InChI=1S/C6H9INO4/c1-4(9)5(2-6(10)11)8(12)3-7/h5H,2-3H2,1H3,(H,10,11)/q-1. The Hall–Kier alpha value is -0.210. The number of carbonyl (C=O) groups is 2. The highest BCUT2D eigenvalue weighted by Crippen LogP contribution is 2.06. The summed E-state index contributed by atoms with van der Waals surface area (Å²) in [6, 6.07) is -1.04. The lowest BCUT2D eigenvalue weighted by Crippen LogP contribution is -2.36. The van der Waals surface area contributed by atoms with E-state index in [2.05, 4.69) is 0 Å². The Balaban J connectivity index is 4.22. The van der Waals surface area contributed by atoms with E-state index in [1.165, 1.54) is 6.92 Å². The predicted molar refractivity (Wildman–Crippen MR) is 50.8 cm³/mol. The molecule has 0 saturated heterocycles. The maximum Gasteiger partial charge on any atom is 0.305 e. The van der Waals surface area contributed by atoms with Crippen LogP contribution in [0.3, 0.4) is 0 Å². The van der Waals surface area contributed by atoms with Crippen molar-refractivity contribution in [3.05, 3.63) is 5.21 Å². The number of halogens is 1. The average molecular weight is 286 g/mol. The maximum absolute atomic E-state index is 10.9. The van der Waals surface area contributed by atoms with Crippen LogP contribution in [-0.4, -0.2) is 32.5 Å². The summed E-state index contributed by atoms with van der Waals surface area (Å²) in [5.41, 5.74) is 0. The van der Waals surface area contributed by atoms with Crippen LogP contribution < -0.4 is 0 Å². The molecule has 0 heterocycles. The van der Waals surface area contributed by atoms with Crippen LogP contribution >= 0.6 is 22.6 Å². The highest BCUT2D eigenvalue weighted by molar-refractivity contribution is 14.1. The van der Waals surface area contributed by atoms with Crippen LogP contribution in [0.1, 0.15) is 13.3 Å². The average Bonchev–Trinajstić information content (AvgIpc) is 1.98. The summed E-state index contributed by atoms with van der Waals surface area (Å²) in [7, 11) is 0. The minimum absolute atomic E-state index is 0.0925. The van der Waals surface area contributed by atoms with Crippen LogP contribution in [0, 0.1) is 5.21 Å². The topological polar surface area (TPSA) is 80.7 Å². The van der Waals surface area contributed by atoms with Crippen molar-refractivity contribution in [2.45, 2.75) is 19.4 Å². The van der Waals surface area contributed by atoms with E-state index in [0.717, 1.165) is 0 Å². The van der Waals surface area contributed by atoms with Gasteiger partial charge in [0, 0.05) is 4.55 Å². The van der Waals surface area contributed by atoms with Crippen LogP contribution in [0.15, 0.2) is 0 Å². The third kappa shape index (κ3) is 3.98. The number of hydrogen-bond donors (Lipinski definition) is 1. The number of carbonyl (C=O) groups excluding carboxylic acids is 1. The fourth-order valence-corrected chi connectivity index (χ4v) is 1.17. The van der Waals surface area contributed by atoms with Crippen molar-refractivity contribution in [3.8, 4) is 0 Å². The molecule has 0 rings (SSSR count). The monoisotopic (exact) mass is 286 g/mol. The van der Waals surface area contributed by atoms with Gasteiger partial charge in [-0.3, -0.25) is 9.59 Å². The van der Waals surface area contributed by atoms with Crippen LogP contribution in [0.25, 0.3) is 0 Å². The van der Waals surface area contributed by atoms with Gasteiger partial charge in [-0.15, -0.1) is 0 Å². The van der Waals surface area contributed by atoms with Gasteiger partial charge in [0.15, 0.2) is 0 Å². The highest BCUT2D eigenvalue weighted by atomic mass is 127. The molecular formula is C6H9INO4-. The first kappa shape index (κ1) is 11.8. The molecule has 0 amide bonds. The summed E-state index contributed by atoms with van der Waals surface area (Å²) in [5.74, 6) is -1.55. The van der Waals surface area contributed by atoms with Crippen LogP contribution in [0.5, 0.6) is 0 Å². The molecule has 0 fully saturated rings. The normalized spacial score (nSPS) is 13.0. The van der Waals surface area contributed by atoms with Gasteiger partial charge < -0.3 is 15.4 Å². The van der Waals surface area contributed by atoms with E-state index in [-0.39, 0.29) is 4.55 Å². The molecule has 0 aromatic carbocycles. The first-order valence-electron chi connectivity index (χ1n) is 3.21. The molecular weight excluding hydrogens is 277 g/mol. The number of Topliss-reactive ketones (excluding diaryl/α,β-unsaturated/α-hetero) is 1. The lowest BCUT2D eigenvalue weighted by atomic mass is 10.1. The number of aliphatic carboxylic acids is 1. The summed E-state index contributed by atoms with van der Waals surface area (Å²) in [5, 5.41) is 19.7. The number of nitrogens with zero attached hydrogens (tertiary/aromatic N) is 1. The number of alkyl halides is 1. The van der Waals surface area contributed by atoms with Crippen molar-refractivity contribution in [2.24, 2.45) is 0 Å². The van der Waals surface area contributed by atoms with Gasteiger partial charge in [-0.05, 0) is 6.92 Å². The first-order valence-corrected chi connectivity index (χ1v) is 4.73. The number of ketones is 1. The van der Waals surface area contributed by atoms with Crippen LogP contribution in [0.2, 0.25) is 0 Å². The third-order valence-electron chi connectivity index (χ3n) is 1.30. The van der Waals surface area contributed by atoms with Crippen molar-refractivity contribution < 1.29 is 14.7 Å². The summed E-state index contributed by atoms with van der Waals surface area (Å²) >= 11 is 1.78. The second-order valence-corrected chi connectivity index (χ2v) is 2.94. The van der Waals surface area contributed by atoms with Crippen molar-refractivity contribution in [1.29, 1.82) is 0 Å². The lowest BCUT2D eigenvalue weighted by Gasteiger charge is -2.32. The van der Waals surface area contributed by atoms with Crippen molar-refractivity contribution >= 4 is 34.3 Å². The quantitative estimate of drug-likeness (QED) is 0.346. The molecule has 0 aromatic heterocycles. The lowest BCUT2D eigenvalue weighted by molar-refractivity contribution is -0.140. The molecule has 1 atom stereocenters. The van der Waals surface area contributed by atoms with Gasteiger partial charge in [-0.2, -0.15) is 0 Å². The Kier molecular flexibility index (Phi) is 5.34. The van der Waals surface area contributed by atoms with E-state index in [1.807, 2.05) is 0 Å². The molecule has 0 radical (unpaired) electrons. The molecule has 0 aromatic rings. The van der Waals surface area contributed by atoms with E-state index in [9.17, 15) is 14.8 Å². The SMILES string of the molecule is CC(=O)C(CC(=O)O)N([O-])CI. The third-order valence-corrected chi connectivity index (χ3v) is 1.98. The van der Waals surface area contributed by atoms with E-state index < -0.39 is 24.2 Å². The van der Waals surface area contributed by atoms with E-state index >= 15 is 0 Å². The zero-order chi connectivity index (χ0) is 9.72. The molecule has 12 heavy (non-hydrogen) atoms. The van der Waals surface area contributed by atoms with Gasteiger partial charge in [-0.1, -0.05) is 22.6 Å². The number of hydroxylamine groups is 2. The molecule has 0 aliphatic carbocycles. The molecule has 1 unspecified atom stereocenters. The molecule has 6 heteroatoms. The zero-order valence-corrected chi connectivity index (χ0v) is 8.65. The van der Waals surface area contributed by atoms with Gasteiger partial charge in [0.25, 0.3) is 0 Å². The second kappa shape index (κ2) is 5.44. The van der Waals surface area contributed by atoms with Gasteiger partial charge >= 0.3 is 5.97 Å². The smallest absolute Gasteiger partial charge is 0.305 e. The summed E-state index contributed by atoms with van der Waals surface area (Å²) in [6.07, 6.45) is -0.429. The molecule has 70 valence electrons. The molecule has 5 nitrogen and oxygen atoms in total.